The van der Waals surface area contributed by atoms with Gasteiger partial charge in [-0.1, -0.05) is 11.6 Å². The van der Waals surface area contributed by atoms with Gasteiger partial charge in [0.1, 0.15) is 0 Å². The van der Waals surface area contributed by atoms with Gasteiger partial charge >= 0.3 is 0 Å². The molecule has 2 aromatic rings. The summed E-state index contributed by atoms with van der Waals surface area (Å²) >= 11 is 5.84. The lowest BCUT2D eigenvalue weighted by molar-refractivity contribution is 0.201. The summed E-state index contributed by atoms with van der Waals surface area (Å²) in [4.78, 5) is 13.3. The first-order chi connectivity index (χ1) is 10.7. The number of anilines is 1. The van der Waals surface area contributed by atoms with E-state index in [-0.39, 0.29) is 0 Å². The molecule has 0 aromatic carbocycles. The van der Waals surface area contributed by atoms with Crippen LogP contribution < -0.4 is 4.90 Å². The Bertz CT molecular complexity index is 562. The molecule has 0 saturated carbocycles. The smallest absolute Gasteiger partial charge is 0.225 e. The summed E-state index contributed by atoms with van der Waals surface area (Å²) in [6, 6.07) is 2.45. The van der Waals surface area contributed by atoms with E-state index in [1.54, 1.807) is 12.4 Å². The standard InChI is InChI=1S/C15H21ClN6/c1-20(15-17-11-13(16)12-18-15)14-3-7-21(8-4-14)9-10-22-6-2-5-19-22/h2,5-6,11-12,14H,3-4,7-10H2,1H3. The SMILES string of the molecule is CN(c1ncc(Cl)cn1)C1CCN(CCn2cccn2)CC1. The predicted octanol–water partition coefficient (Wildman–Crippen LogP) is 1.93. The highest BCUT2D eigenvalue weighted by molar-refractivity contribution is 6.30. The van der Waals surface area contributed by atoms with Crippen molar-refractivity contribution in [2.45, 2.75) is 25.4 Å². The Morgan fingerprint density at radius 3 is 2.59 bits per heavy atom. The molecule has 7 heteroatoms. The highest BCUT2D eigenvalue weighted by Gasteiger charge is 2.23. The normalized spacial score (nSPS) is 16.8. The minimum absolute atomic E-state index is 0.488. The first-order valence-corrected chi connectivity index (χ1v) is 8.00. The van der Waals surface area contributed by atoms with Crippen molar-refractivity contribution in [3.63, 3.8) is 0 Å². The Labute approximate surface area is 135 Å². The fraction of sp³-hybridized carbons (Fsp3) is 0.533. The van der Waals surface area contributed by atoms with Gasteiger partial charge in [-0.05, 0) is 18.9 Å². The number of hydrogen-bond acceptors (Lipinski definition) is 5. The Kier molecular flexibility index (Phi) is 4.90. The number of piperidine rings is 1. The van der Waals surface area contributed by atoms with Crippen LogP contribution in [0.5, 0.6) is 0 Å². The fourth-order valence-electron chi connectivity index (χ4n) is 2.86. The molecule has 3 heterocycles. The molecule has 0 spiro atoms. The molecule has 0 radical (unpaired) electrons. The van der Waals surface area contributed by atoms with Gasteiger partial charge in [0.05, 0.1) is 24.0 Å². The maximum Gasteiger partial charge on any atom is 0.225 e. The highest BCUT2D eigenvalue weighted by atomic mass is 35.5. The van der Waals surface area contributed by atoms with Crippen LogP contribution in [0, 0.1) is 0 Å². The predicted molar refractivity (Wildman–Crippen MR) is 87.1 cm³/mol. The van der Waals surface area contributed by atoms with Gasteiger partial charge in [0.25, 0.3) is 0 Å². The van der Waals surface area contributed by atoms with Crippen LogP contribution in [0.25, 0.3) is 0 Å². The average molecular weight is 321 g/mol. The van der Waals surface area contributed by atoms with Crippen LogP contribution >= 0.6 is 11.6 Å². The molecule has 118 valence electrons. The first kappa shape index (κ1) is 15.2. The molecule has 0 N–H and O–H groups in total. The van der Waals surface area contributed by atoms with Crippen molar-refractivity contribution < 1.29 is 0 Å². The minimum atomic E-state index is 0.488. The summed E-state index contributed by atoms with van der Waals surface area (Å²) in [5.74, 6) is 0.749. The fourth-order valence-corrected chi connectivity index (χ4v) is 2.96. The molecule has 0 unspecified atom stereocenters. The van der Waals surface area contributed by atoms with E-state index in [9.17, 15) is 0 Å². The average Bonchev–Trinajstić information content (AvgIpc) is 3.07. The van der Waals surface area contributed by atoms with Gasteiger partial charge in [0.2, 0.25) is 5.95 Å². The molecular weight excluding hydrogens is 300 g/mol. The largest absolute Gasteiger partial charge is 0.341 e. The Hall–Kier alpha value is -1.66. The lowest BCUT2D eigenvalue weighted by atomic mass is 10.0. The molecule has 3 rings (SSSR count). The number of hydrogen-bond donors (Lipinski definition) is 0. The van der Waals surface area contributed by atoms with Gasteiger partial charge in [-0.3, -0.25) is 4.68 Å². The molecule has 1 saturated heterocycles. The van der Waals surface area contributed by atoms with E-state index >= 15 is 0 Å². The van der Waals surface area contributed by atoms with Crippen molar-refractivity contribution in [2.24, 2.45) is 0 Å². The summed E-state index contributed by atoms with van der Waals surface area (Å²) in [5.41, 5.74) is 0. The maximum absolute atomic E-state index is 5.84. The second-order valence-corrected chi connectivity index (χ2v) is 6.09. The van der Waals surface area contributed by atoms with Crippen molar-refractivity contribution in [2.75, 3.05) is 31.6 Å². The maximum atomic E-state index is 5.84. The van der Waals surface area contributed by atoms with E-state index in [1.807, 2.05) is 23.1 Å². The second kappa shape index (κ2) is 7.07. The zero-order chi connectivity index (χ0) is 15.4. The number of nitrogens with zero attached hydrogens (tertiary/aromatic N) is 6. The molecule has 0 aliphatic carbocycles. The van der Waals surface area contributed by atoms with E-state index in [1.165, 1.54) is 0 Å². The second-order valence-electron chi connectivity index (χ2n) is 5.65. The third-order valence-electron chi connectivity index (χ3n) is 4.23. The summed E-state index contributed by atoms with van der Waals surface area (Å²) in [7, 11) is 2.06. The van der Waals surface area contributed by atoms with Crippen LogP contribution in [0.1, 0.15) is 12.8 Å². The van der Waals surface area contributed by atoms with Gasteiger partial charge < -0.3 is 9.80 Å². The molecule has 1 aliphatic rings. The Morgan fingerprint density at radius 2 is 1.95 bits per heavy atom. The first-order valence-electron chi connectivity index (χ1n) is 7.62. The van der Waals surface area contributed by atoms with Gasteiger partial charge in [-0.25, -0.2) is 9.97 Å². The number of halogens is 1. The summed E-state index contributed by atoms with van der Waals surface area (Å²) < 4.78 is 1.99. The van der Waals surface area contributed by atoms with Crippen molar-refractivity contribution in [1.29, 1.82) is 0 Å². The van der Waals surface area contributed by atoms with Crippen LogP contribution in [0.15, 0.2) is 30.9 Å². The van der Waals surface area contributed by atoms with Gasteiger partial charge in [0.15, 0.2) is 0 Å². The molecule has 6 nitrogen and oxygen atoms in total. The summed E-state index contributed by atoms with van der Waals surface area (Å²) in [5, 5.41) is 4.82. The molecule has 2 aromatic heterocycles. The lowest BCUT2D eigenvalue weighted by Crippen LogP contribution is -2.44. The summed E-state index contributed by atoms with van der Waals surface area (Å²) in [6.07, 6.45) is 9.40. The zero-order valence-corrected chi connectivity index (χ0v) is 13.5. The molecule has 1 aliphatic heterocycles. The van der Waals surface area contributed by atoms with Crippen LogP contribution in [0.2, 0.25) is 5.02 Å². The van der Waals surface area contributed by atoms with Crippen molar-refractivity contribution in [1.82, 2.24) is 24.6 Å². The third-order valence-corrected chi connectivity index (χ3v) is 4.43. The van der Waals surface area contributed by atoms with E-state index in [2.05, 4.69) is 31.9 Å². The zero-order valence-electron chi connectivity index (χ0n) is 12.8. The van der Waals surface area contributed by atoms with Gasteiger partial charge in [-0.15, -0.1) is 0 Å². The molecule has 0 atom stereocenters. The van der Waals surface area contributed by atoms with Crippen molar-refractivity contribution >= 4 is 17.5 Å². The topological polar surface area (TPSA) is 50.1 Å². The minimum Gasteiger partial charge on any atom is -0.341 e. The Balaban J connectivity index is 1.47. The Morgan fingerprint density at radius 1 is 1.23 bits per heavy atom. The van der Waals surface area contributed by atoms with E-state index in [0.29, 0.717) is 11.1 Å². The number of aromatic nitrogens is 4. The van der Waals surface area contributed by atoms with E-state index in [4.69, 9.17) is 11.6 Å². The highest BCUT2D eigenvalue weighted by Crippen LogP contribution is 2.19. The monoisotopic (exact) mass is 320 g/mol. The van der Waals surface area contributed by atoms with E-state index < -0.39 is 0 Å². The van der Waals surface area contributed by atoms with Crippen molar-refractivity contribution in [3.8, 4) is 0 Å². The molecule has 22 heavy (non-hydrogen) atoms. The lowest BCUT2D eigenvalue weighted by Gasteiger charge is -2.36. The molecular formula is C15H21ClN6. The summed E-state index contributed by atoms with van der Waals surface area (Å²) in [6.45, 7) is 4.21. The van der Waals surface area contributed by atoms with Crippen LogP contribution in [-0.4, -0.2) is 57.4 Å². The van der Waals surface area contributed by atoms with E-state index in [0.717, 1.165) is 45.0 Å². The quantitative estimate of drug-likeness (QED) is 0.842. The van der Waals surface area contributed by atoms with Gasteiger partial charge in [-0.2, -0.15) is 5.10 Å². The van der Waals surface area contributed by atoms with Crippen LogP contribution in [0.4, 0.5) is 5.95 Å². The number of rotatable bonds is 5. The van der Waals surface area contributed by atoms with Crippen LogP contribution in [0.3, 0.4) is 0 Å². The van der Waals surface area contributed by atoms with Gasteiger partial charge in [0, 0.05) is 45.1 Å². The van der Waals surface area contributed by atoms with Crippen molar-refractivity contribution in [3.05, 3.63) is 35.9 Å². The molecule has 0 amide bonds. The number of likely N-dealkylation sites (tertiary alicyclic amines) is 1. The molecule has 1 fully saturated rings. The van der Waals surface area contributed by atoms with Crippen LogP contribution in [-0.2, 0) is 6.54 Å². The molecule has 0 bridgehead atoms. The third kappa shape index (κ3) is 3.75.